The third-order valence-corrected chi connectivity index (χ3v) is 3.60. The van der Waals surface area contributed by atoms with Crippen molar-refractivity contribution in [3.63, 3.8) is 0 Å². The summed E-state index contributed by atoms with van der Waals surface area (Å²) in [5.41, 5.74) is 14.3. The van der Waals surface area contributed by atoms with Crippen molar-refractivity contribution < 1.29 is 4.79 Å². The van der Waals surface area contributed by atoms with E-state index in [1.807, 2.05) is 6.07 Å². The van der Waals surface area contributed by atoms with Gasteiger partial charge in [-0.1, -0.05) is 37.3 Å². The van der Waals surface area contributed by atoms with Crippen LogP contribution in [0.15, 0.2) is 48.5 Å². The van der Waals surface area contributed by atoms with Crippen molar-refractivity contribution in [3.05, 3.63) is 59.7 Å². The van der Waals surface area contributed by atoms with Crippen LogP contribution in [-0.2, 0) is 0 Å². The van der Waals surface area contributed by atoms with Crippen molar-refractivity contribution in [2.45, 2.75) is 19.3 Å². The number of benzene rings is 2. The number of nitrogens with one attached hydrogen (secondary N) is 1. The van der Waals surface area contributed by atoms with Crippen LogP contribution in [0.5, 0.6) is 0 Å². The second kappa shape index (κ2) is 6.79. The van der Waals surface area contributed by atoms with Crippen LogP contribution in [0, 0.1) is 0 Å². The zero-order valence-electron chi connectivity index (χ0n) is 12.2. The van der Waals surface area contributed by atoms with Crippen molar-refractivity contribution in [3.8, 4) is 0 Å². The van der Waals surface area contributed by atoms with Crippen LogP contribution in [-0.4, -0.2) is 12.5 Å². The number of nitrogens with two attached hydrogens (primary N) is 2. The van der Waals surface area contributed by atoms with Crippen LogP contribution in [0.1, 0.15) is 35.2 Å². The maximum Gasteiger partial charge on any atom is 0.248 e. The molecule has 110 valence electrons. The summed E-state index contributed by atoms with van der Waals surface area (Å²) in [6.45, 7) is 3.02. The number of primary amides is 1. The lowest BCUT2D eigenvalue weighted by Crippen LogP contribution is -2.12. The van der Waals surface area contributed by atoms with E-state index >= 15 is 0 Å². The molecule has 0 aliphatic carbocycles. The lowest BCUT2D eigenvalue weighted by atomic mass is 9.98. The number of carbonyl (C=O) groups excluding carboxylic acids is 1. The topological polar surface area (TPSA) is 81.1 Å². The summed E-state index contributed by atoms with van der Waals surface area (Å²) in [7, 11) is 0. The molecule has 0 aromatic heterocycles. The fourth-order valence-corrected chi connectivity index (χ4v) is 2.25. The maximum atomic E-state index is 11.1. The minimum atomic E-state index is -0.467. The van der Waals surface area contributed by atoms with E-state index in [0.717, 1.165) is 18.7 Å². The Bertz CT molecular complexity index is 611. The summed E-state index contributed by atoms with van der Waals surface area (Å²) in [6.07, 6.45) is 1.00. The molecule has 0 aliphatic rings. The standard InChI is InChI=1S/C17H21N3O/c1-12(13-5-3-2-4-6-13)9-10-20-16-8-7-14(17(19)21)11-15(16)18/h2-8,11-12,20H,9-10,18H2,1H3,(H2,19,21). The summed E-state index contributed by atoms with van der Waals surface area (Å²) in [4.78, 5) is 11.1. The first-order chi connectivity index (χ1) is 10.1. The van der Waals surface area contributed by atoms with E-state index < -0.39 is 5.91 Å². The van der Waals surface area contributed by atoms with E-state index in [0.29, 0.717) is 17.2 Å². The van der Waals surface area contributed by atoms with Gasteiger partial charge in [0.2, 0.25) is 5.91 Å². The van der Waals surface area contributed by atoms with E-state index in [4.69, 9.17) is 11.5 Å². The average molecular weight is 283 g/mol. The smallest absolute Gasteiger partial charge is 0.248 e. The molecule has 2 rings (SSSR count). The van der Waals surface area contributed by atoms with E-state index in [1.165, 1.54) is 5.56 Å². The molecule has 5 N–H and O–H groups in total. The number of anilines is 2. The van der Waals surface area contributed by atoms with Gasteiger partial charge in [-0.15, -0.1) is 0 Å². The molecule has 21 heavy (non-hydrogen) atoms. The molecular formula is C17H21N3O. The highest BCUT2D eigenvalue weighted by atomic mass is 16.1. The van der Waals surface area contributed by atoms with Gasteiger partial charge in [-0.3, -0.25) is 4.79 Å². The van der Waals surface area contributed by atoms with Crippen LogP contribution in [0.3, 0.4) is 0 Å². The van der Waals surface area contributed by atoms with Crippen LogP contribution >= 0.6 is 0 Å². The molecule has 0 saturated heterocycles. The number of hydrogen-bond donors (Lipinski definition) is 3. The second-order valence-corrected chi connectivity index (χ2v) is 5.19. The molecule has 1 atom stereocenters. The van der Waals surface area contributed by atoms with E-state index in [9.17, 15) is 4.79 Å². The molecule has 4 nitrogen and oxygen atoms in total. The third-order valence-electron chi connectivity index (χ3n) is 3.60. The monoisotopic (exact) mass is 283 g/mol. The van der Waals surface area contributed by atoms with Gasteiger partial charge in [-0.25, -0.2) is 0 Å². The van der Waals surface area contributed by atoms with Crippen molar-refractivity contribution in [2.24, 2.45) is 5.73 Å². The van der Waals surface area contributed by atoms with Crippen molar-refractivity contribution in [1.29, 1.82) is 0 Å². The van der Waals surface area contributed by atoms with Gasteiger partial charge in [0, 0.05) is 12.1 Å². The van der Waals surface area contributed by atoms with Crippen molar-refractivity contribution >= 4 is 17.3 Å². The predicted octanol–water partition coefficient (Wildman–Crippen LogP) is 2.97. The second-order valence-electron chi connectivity index (χ2n) is 5.19. The van der Waals surface area contributed by atoms with E-state index in [-0.39, 0.29) is 0 Å². The fourth-order valence-electron chi connectivity index (χ4n) is 2.25. The zero-order valence-corrected chi connectivity index (χ0v) is 12.2. The summed E-state index contributed by atoms with van der Waals surface area (Å²) in [6, 6.07) is 15.5. The van der Waals surface area contributed by atoms with Gasteiger partial charge in [-0.2, -0.15) is 0 Å². The molecule has 1 amide bonds. The Morgan fingerprint density at radius 1 is 1.19 bits per heavy atom. The summed E-state index contributed by atoms with van der Waals surface area (Å²) >= 11 is 0. The molecule has 0 saturated carbocycles. The van der Waals surface area contributed by atoms with Crippen LogP contribution in [0.4, 0.5) is 11.4 Å². The molecule has 0 radical (unpaired) electrons. The van der Waals surface area contributed by atoms with Gasteiger partial charge < -0.3 is 16.8 Å². The predicted molar refractivity (Wildman–Crippen MR) is 87.3 cm³/mol. The minimum Gasteiger partial charge on any atom is -0.397 e. The van der Waals surface area contributed by atoms with Gasteiger partial charge in [0.15, 0.2) is 0 Å². The molecule has 2 aromatic rings. The Hall–Kier alpha value is -2.49. The first-order valence-electron chi connectivity index (χ1n) is 7.06. The quantitative estimate of drug-likeness (QED) is 0.713. The highest BCUT2D eigenvalue weighted by molar-refractivity contribution is 5.94. The Morgan fingerprint density at radius 3 is 2.52 bits per heavy atom. The minimum absolute atomic E-state index is 0.427. The Kier molecular flexibility index (Phi) is 4.82. The zero-order chi connectivity index (χ0) is 15.2. The molecule has 0 heterocycles. The number of hydrogen-bond acceptors (Lipinski definition) is 3. The highest BCUT2D eigenvalue weighted by Crippen LogP contribution is 2.22. The van der Waals surface area contributed by atoms with Crippen LogP contribution < -0.4 is 16.8 Å². The number of rotatable bonds is 6. The first kappa shape index (κ1) is 14.9. The van der Waals surface area contributed by atoms with Gasteiger partial charge in [0.05, 0.1) is 11.4 Å². The molecular weight excluding hydrogens is 262 g/mol. The van der Waals surface area contributed by atoms with Crippen molar-refractivity contribution in [2.75, 3.05) is 17.6 Å². The van der Waals surface area contributed by atoms with Crippen LogP contribution in [0.25, 0.3) is 0 Å². The van der Waals surface area contributed by atoms with Gasteiger partial charge >= 0.3 is 0 Å². The Balaban J connectivity index is 1.90. The molecule has 2 aromatic carbocycles. The molecule has 0 aliphatic heterocycles. The van der Waals surface area contributed by atoms with Crippen LogP contribution in [0.2, 0.25) is 0 Å². The average Bonchev–Trinajstić information content (AvgIpc) is 2.49. The number of nitrogen functional groups attached to an aromatic ring is 1. The highest BCUT2D eigenvalue weighted by Gasteiger charge is 2.07. The van der Waals surface area contributed by atoms with Crippen molar-refractivity contribution in [1.82, 2.24) is 0 Å². The van der Waals surface area contributed by atoms with Gasteiger partial charge in [0.25, 0.3) is 0 Å². The number of carbonyl (C=O) groups is 1. The molecule has 1 unspecified atom stereocenters. The summed E-state index contributed by atoms with van der Waals surface area (Å²) < 4.78 is 0. The normalized spacial score (nSPS) is 11.9. The van der Waals surface area contributed by atoms with Gasteiger partial charge in [-0.05, 0) is 36.1 Å². The third kappa shape index (κ3) is 3.99. The Labute approximate surface area is 125 Å². The lowest BCUT2D eigenvalue weighted by molar-refractivity contribution is 0.100. The maximum absolute atomic E-state index is 11.1. The molecule has 0 spiro atoms. The van der Waals surface area contributed by atoms with E-state index in [1.54, 1.807) is 18.2 Å². The summed E-state index contributed by atoms with van der Waals surface area (Å²) in [5.74, 6) is 0.00997. The number of amides is 1. The lowest BCUT2D eigenvalue weighted by Gasteiger charge is -2.14. The SMILES string of the molecule is CC(CCNc1ccc(C(N)=O)cc1N)c1ccccc1. The Morgan fingerprint density at radius 2 is 1.90 bits per heavy atom. The fraction of sp³-hybridized carbons (Fsp3) is 0.235. The molecule has 4 heteroatoms. The van der Waals surface area contributed by atoms with Gasteiger partial charge in [0.1, 0.15) is 0 Å². The summed E-state index contributed by atoms with van der Waals surface area (Å²) in [5, 5.41) is 3.30. The first-order valence-corrected chi connectivity index (χ1v) is 7.06. The molecule has 0 bridgehead atoms. The molecule has 0 fully saturated rings. The largest absolute Gasteiger partial charge is 0.397 e. The van der Waals surface area contributed by atoms with E-state index in [2.05, 4.69) is 36.5 Å².